The lowest BCUT2D eigenvalue weighted by Crippen LogP contribution is -2.23. The van der Waals surface area contributed by atoms with Crippen molar-refractivity contribution in [3.8, 4) is 11.1 Å². The lowest BCUT2D eigenvalue weighted by atomic mass is 10.0. The number of nitrogens with zero attached hydrogens (tertiary/aromatic N) is 2. The average molecular weight is 406 g/mol. The first kappa shape index (κ1) is 19.8. The molecule has 6 nitrogen and oxygen atoms in total. The highest BCUT2D eigenvalue weighted by atomic mass is 19.1. The van der Waals surface area contributed by atoms with Gasteiger partial charge in [0.05, 0.1) is 12.1 Å². The van der Waals surface area contributed by atoms with E-state index in [1.54, 1.807) is 16.8 Å². The third-order valence-electron chi connectivity index (χ3n) is 5.30. The molecule has 2 amide bonds. The van der Waals surface area contributed by atoms with Gasteiger partial charge in [0.1, 0.15) is 17.7 Å². The van der Waals surface area contributed by atoms with Crippen LogP contribution in [0, 0.1) is 12.7 Å². The number of rotatable bonds is 5. The molecule has 1 aromatic heterocycles. The number of carbonyl (C=O) groups excluding carboxylic acids is 2. The number of benzene rings is 2. The summed E-state index contributed by atoms with van der Waals surface area (Å²) in [5, 5.41) is 10.1. The van der Waals surface area contributed by atoms with Crippen LogP contribution in [0.5, 0.6) is 0 Å². The van der Waals surface area contributed by atoms with Crippen molar-refractivity contribution in [1.29, 1.82) is 0 Å². The van der Waals surface area contributed by atoms with Crippen molar-refractivity contribution in [3.05, 3.63) is 65.6 Å². The van der Waals surface area contributed by atoms with Gasteiger partial charge in [-0.3, -0.25) is 9.59 Å². The quantitative estimate of drug-likeness (QED) is 0.648. The molecular weight excluding hydrogens is 383 g/mol. The molecule has 1 atom stereocenters. The van der Waals surface area contributed by atoms with Crippen molar-refractivity contribution in [2.24, 2.45) is 0 Å². The van der Waals surface area contributed by atoms with E-state index >= 15 is 0 Å². The Morgan fingerprint density at radius 1 is 1.17 bits per heavy atom. The number of hydrogen-bond donors (Lipinski definition) is 2. The number of aromatic nitrogens is 2. The zero-order valence-electron chi connectivity index (χ0n) is 17.1. The Labute approximate surface area is 174 Å². The van der Waals surface area contributed by atoms with Crippen LogP contribution in [0.25, 0.3) is 11.1 Å². The van der Waals surface area contributed by atoms with Gasteiger partial charge in [-0.2, -0.15) is 5.10 Å². The molecule has 1 unspecified atom stereocenters. The minimum absolute atomic E-state index is 0.0330. The molecule has 2 aromatic carbocycles. The van der Waals surface area contributed by atoms with E-state index in [9.17, 15) is 14.0 Å². The van der Waals surface area contributed by atoms with E-state index in [0.29, 0.717) is 23.1 Å². The van der Waals surface area contributed by atoms with Gasteiger partial charge in [0.15, 0.2) is 0 Å². The number of carbonyl (C=O) groups is 2. The summed E-state index contributed by atoms with van der Waals surface area (Å²) in [7, 11) is 0. The fourth-order valence-corrected chi connectivity index (χ4v) is 3.68. The molecule has 30 heavy (non-hydrogen) atoms. The van der Waals surface area contributed by atoms with E-state index in [-0.39, 0.29) is 24.1 Å². The molecule has 0 fully saturated rings. The second-order valence-electron chi connectivity index (χ2n) is 7.79. The summed E-state index contributed by atoms with van der Waals surface area (Å²) in [4.78, 5) is 25.1. The Morgan fingerprint density at radius 2 is 1.83 bits per heavy atom. The highest BCUT2D eigenvalue weighted by Gasteiger charge is 2.36. The minimum Gasteiger partial charge on any atom is -0.326 e. The fraction of sp³-hybridized carbons (Fsp3) is 0.261. The molecular formula is C23H23FN4O2. The Bertz CT molecular complexity index is 1100. The van der Waals surface area contributed by atoms with Crippen LogP contribution in [0.4, 0.5) is 15.9 Å². The number of amides is 2. The maximum atomic E-state index is 13.3. The van der Waals surface area contributed by atoms with E-state index in [2.05, 4.69) is 29.6 Å². The van der Waals surface area contributed by atoms with Crippen LogP contribution in [0.3, 0.4) is 0 Å². The lowest BCUT2D eigenvalue weighted by molar-refractivity contribution is -0.123. The van der Waals surface area contributed by atoms with Crippen LogP contribution < -0.4 is 10.6 Å². The van der Waals surface area contributed by atoms with Crippen molar-refractivity contribution >= 4 is 23.3 Å². The third kappa shape index (κ3) is 3.70. The van der Waals surface area contributed by atoms with Crippen molar-refractivity contribution in [3.63, 3.8) is 0 Å². The van der Waals surface area contributed by atoms with Gasteiger partial charge >= 0.3 is 0 Å². The second kappa shape index (κ2) is 7.74. The van der Waals surface area contributed by atoms with Gasteiger partial charge in [0.2, 0.25) is 5.91 Å². The maximum Gasteiger partial charge on any atom is 0.251 e. The van der Waals surface area contributed by atoms with E-state index in [0.717, 1.165) is 11.1 Å². The number of fused-ring (bicyclic) bond motifs is 1. The van der Waals surface area contributed by atoms with Gasteiger partial charge < -0.3 is 10.6 Å². The molecule has 1 aliphatic rings. The molecule has 3 aromatic rings. The van der Waals surface area contributed by atoms with Crippen LogP contribution in [0.1, 0.15) is 43.5 Å². The summed E-state index contributed by atoms with van der Waals surface area (Å²) in [6.45, 7) is 6.04. The highest BCUT2D eigenvalue weighted by molar-refractivity contribution is 6.04. The summed E-state index contributed by atoms with van der Waals surface area (Å²) in [6.07, 6.45) is -0.0330. The summed E-state index contributed by atoms with van der Waals surface area (Å²) in [5.41, 5.74) is 4.06. The van der Waals surface area contributed by atoms with Crippen LogP contribution in [0.2, 0.25) is 0 Å². The SMILES string of the molecule is Cc1nn2c(c1-c1ccc(F)cc1)NC(=O)C2CC(=O)Nc1ccc(C(C)C)cc1. The smallest absolute Gasteiger partial charge is 0.251 e. The first-order chi connectivity index (χ1) is 14.3. The first-order valence-electron chi connectivity index (χ1n) is 9.89. The van der Waals surface area contributed by atoms with Crippen molar-refractivity contribution in [1.82, 2.24) is 9.78 Å². The Morgan fingerprint density at radius 3 is 2.47 bits per heavy atom. The normalized spacial score (nSPS) is 15.2. The molecule has 0 saturated heterocycles. The minimum atomic E-state index is -0.733. The molecule has 1 aliphatic heterocycles. The molecule has 154 valence electrons. The predicted octanol–water partition coefficient (Wildman–Crippen LogP) is 4.64. The van der Waals surface area contributed by atoms with Gasteiger partial charge in [-0.1, -0.05) is 38.1 Å². The van der Waals surface area contributed by atoms with Crippen molar-refractivity contribution in [2.45, 2.75) is 39.2 Å². The summed E-state index contributed by atoms with van der Waals surface area (Å²) in [6, 6.07) is 13.0. The molecule has 4 rings (SSSR count). The standard InChI is InChI=1S/C23H23FN4O2/c1-13(2)15-6-10-18(11-7-15)25-20(29)12-19-23(30)26-22-21(14(3)27-28(19)22)16-4-8-17(24)9-5-16/h4-11,13,19H,12H2,1-3H3,(H,25,29)(H,26,30). The van der Waals surface area contributed by atoms with Crippen LogP contribution in [-0.4, -0.2) is 21.6 Å². The molecule has 0 aliphatic carbocycles. The summed E-state index contributed by atoms with van der Waals surface area (Å²) in [5.74, 6) is 0.0556. The number of nitrogens with one attached hydrogen (secondary N) is 2. The fourth-order valence-electron chi connectivity index (χ4n) is 3.68. The van der Waals surface area contributed by atoms with E-state index < -0.39 is 6.04 Å². The third-order valence-corrected chi connectivity index (χ3v) is 5.30. The van der Waals surface area contributed by atoms with Gasteiger partial charge in [0.25, 0.3) is 5.91 Å². The monoisotopic (exact) mass is 406 g/mol. The molecule has 0 saturated carbocycles. The topological polar surface area (TPSA) is 76.0 Å². The van der Waals surface area contributed by atoms with E-state index in [1.165, 1.54) is 17.7 Å². The van der Waals surface area contributed by atoms with Crippen LogP contribution in [-0.2, 0) is 9.59 Å². The molecule has 2 heterocycles. The first-order valence-corrected chi connectivity index (χ1v) is 9.89. The lowest BCUT2D eigenvalue weighted by Gasteiger charge is -2.11. The van der Waals surface area contributed by atoms with Crippen LogP contribution >= 0.6 is 0 Å². The average Bonchev–Trinajstić information content (AvgIpc) is 3.17. The van der Waals surface area contributed by atoms with Gasteiger partial charge in [-0.25, -0.2) is 9.07 Å². The number of halogens is 1. The second-order valence-corrected chi connectivity index (χ2v) is 7.79. The number of anilines is 2. The van der Waals surface area contributed by atoms with Crippen LogP contribution in [0.15, 0.2) is 48.5 Å². The van der Waals surface area contributed by atoms with Gasteiger partial charge in [0, 0.05) is 11.3 Å². The van der Waals surface area contributed by atoms with Crippen molar-refractivity contribution in [2.75, 3.05) is 10.6 Å². The van der Waals surface area contributed by atoms with E-state index in [4.69, 9.17) is 0 Å². The number of hydrogen-bond acceptors (Lipinski definition) is 3. The molecule has 7 heteroatoms. The van der Waals surface area contributed by atoms with E-state index in [1.807, 2.05) is 31.2 Å². The van der Waals surface area contributed by atoms with Gasteiger partial charge in [-0.15, -0.1) is 0 Å². The molecule has 0 bridgehead atoms. The van der Waals surface area contributed by atoms with Crippen molar-refractivity contribution < 1.29 is 14.0 Å². The maximum absolute atomic E-state index is 13.3. The van der Waals surface area contributed by atoms with Gasteiger partial charge in [-0.05, 0) is 48.2 Å². The number of aryl methyl sites for hydroxylation is 1. The molecule has 0 radical (unpaired) electrons. The summed E-state index contributed by atoms with van der Waals surface area (Å²) < 4.78 is 14.8. The largest absolute Gasteiger partial charge is 0.326 e. The molecule has 2 N–H and O–H groups in total. The zero-order valence-corrected chi connectivity index (χ0v) is 17.1. The Hall–Kier alpha value is -3.48. The predicted molar refractivity (Wildman–Crippen MR) is 114 cm³/mol. The summed E-state index contributed by atoms with van der Waals surface area (Å²) >= 11 is 0. The Balaban J connectivity index is 1.53. The highest BCUT2D eigenvalue weighted by Crippen LogP contribution is 2.38. The molecule has 0 spiro atoms. The zero-order chi connectivity index (χ0) is 21.4. The Kier molecular flexibility index (Phi) is 5.11.